The average molecular weight is 362 g/mol. The van der Waals surface area contributed by atoms with E-state index in [4.69, 9.17) is 4.74 Å². The zero-order chi connectivity index (χ0) is 18.6. The molecule has 3 aliphatic rings. The van der Waals surface area contributed by atoms with Crippen LogP contribution >= 0.6 is 0 Å². The van der Waals surface area contributed by atoms with Crippen molar-refractivity contribution in [3.63, 3.8) is 0 Å². The predicted molar refractivity (Wildman–Crippen MR) is 99.3 cm³/mol. The number of benzene rings is 1. The lowest BCUT2D eigenvalue weighted by molar-refractivity contribution is -0.124. The van der Waals surface area contributed by atoms with E-state index in [0.29, 0.717) is 30.2 Å². The minimum absolute atomic E-state index is 0.0461. The Bertz CT molecular complexity index is 926. The summed E-state index contributed by atoms with van der Waals surface area (Å²) >= 11 is 0. The highest BCUT2D eigenvalue weighted by Gasteiger charge is 2.70. The first-order chi connectivity index (χ1) is 13.1. The number of fused-ring (bicyclic) bond motifs is 3. The second-order valence-electron chi connectivity index (χ2n) is 8.10. The Morgan fingerprint density at radius 3 is 3.07 bits per heavy atom. The molecule has 2 fully saturated rings. The van der Waals surface area contributed by atoms with Crippen LogP contribution in [0.5, 0.6) is 5.75 Å². The fourth-order valence-corrected chi connectivity index (χ4v) is 5.09. The summed E-state index contributed by atoms with van der Waals surface area (Å²) in [6.45, 7) is 2.46. The number of amides is 1. The van der Waals surface area contributed by atoms with Gasteiger partial charge in [-0.3, -0.25) is 14.6 Å². The van der Waals surface area contributed by atoms with Gasteiger partial charge in [-0.15, -0.1) is 0 Å². The van der Waals surface area contributed by atoms with Gasteiger partial charge in [-0.25, -0.2) is 0 Å². The number of rotatable bonds is 3. The van der Waals surface area contributed by atoms with Crippen LogP contribution in [0, 0.1) is 24.7 Å². The van der Waals surface area contributed by atoms with Crippen molar-refractivity contribution in [1.82, 2.24) is 10.3 Å². The lowest BCUT2D eigenvalue weighted by Crippen LogP contribution is -2.44. The van der Waals surface area contributed by atoms with Gasteiger partial charge in [0.2, 0.25) is 5.91 Å². The van der Waals surface area contributed by atoms with Crippen LogP contribution < -0.4 is 10.1 Å². The molecule has 4 atom stereocenters. The topological polar surface area (TPSA) is 68.3 Å². The monoisotopic (exact) mass is 362 g/mol. The third-order valence-electron chi connectivity index (χ3n) is 6.38. The second-order valence-corrected chi connectivity index (χ2v) is 8.10. The first kappa shape index (κ1) is 16.5. The molecule has 1 aromatic carbocycles. The van der Waals surface area contributed by atoms with Gasteiger partial charge in [0, 0.05) is 30.8 Å². The number of carbonyl (C=O) groups is 2. The van der Waals surface area contributed by atoms with Gasteiger partial charge in [-0.1, -0.05) is 17.7 Å². The number of hydrogen-bond donors (Lipinski definition) is 1. The highest BCUT2D eigenvalue weighted by molar-refractivity contribution is 6.01. The van der Waals surface area contributed by atoms with E-state index in [1.165, 1.54) is 0 Å². The van der Waals surface area contributed by atoms with Crippen LogP contribution in [0.3, 0.4) is 0 Å². The maximum atomic E-state index is 12.8. The first-order valence-corrected chi connectivity index (χ1v) is 9.57. The number of nitrogens with zero attached hydrogens (tertiary/aromatic N) is 1. The maximum absolute atomic E-state index is 12.8. The molecule has 0 saturated heterocycles. The molecular formula is C22H22N2O3. The Hall–Kier alpha value is -2.69. The molecule has 27 heavy (non-hydrogen) atoms. The minimum Gasteiger partial charge on any atom is -0.486 e. The van der Waals surface area contributed by atoms with Gasteiger partial charge in [-0.2, -0.15) is 0 Å². The molecule has 0 radical (unpaired) electrons. The van der Waals surface area contributed by atoms with Crippen LogP contribution in [0.2, 0.25) is 0 Å². The number of Topliss-reactive ketones (excluding diaryl/α,β-unsaturated/α-hetero) is 1. The summed E-state index contributed by atoms with van der Waals surface area (Å²) in [6, 6.07) is 9.59. The quantitative estimate of drug-likeness (QED) is 0.911. The van der Waals surface area contributed by atoms with E-state index in [-0.39, 0.29) is 23.5 Å². The molecule has 1 spiro atoms. The van der Waals surface area contributed by atoms with Gasteiger partial charge in [-0.05, 0) is 49.4 Å². The van der Waals surface area contributed by atoms with Crippen molar-refractivity contribution >= 4 is 11.7 Å². The lowest BCUT2D eigenvalue weighted by atomic mass is 9.84. The van der Waals surface area contributed by atoms with Gasteiger partial charge >= 0.3 is 0 Å². The number of carbonyl (C=O) groups excluding carboxylic acids is 2. The standard InChI is InChI=1S/C22H22N2O3/c1-13-4-5-18-16(9-13)17(25)10-22(27-18)7-6-15-19(20(15)22)21(26)24-12-14-3-2-8-23-11-14/h2-5,8-9,11,15,19-20H,6-7,10,12H2,1H3,(H,24,26)/t15-,19-,20-,22+/m1/s1. The van der Waals surface area contributed by atoms with Gasteiger partial charge in [0.1, 0.15) is 11.4 Å². The fraction of sp³-hybridized carbons (Fsp3) is 0.409. The van der Waals surface area contributed by atoms with E-state index >= 15 is 0 Å². The molecule has 5 rings (SSSR count). The summed E-state index contributed by atoms with van der Waals surface area (Å²) in [6.07, 6.45) is 5.67. The van der Waals surface area contributed by atoms with Crippen molar-refractivity contribution in [1.29, 1.82) is 0 Å². The highest BCUT2D eigenvalue weighted by Crippen LogP contribution is 2.65. The van der Waals surface area contributed by atoms with Crippen molar-refractivity contribution in [2.75, 3.05) is 0 Å². The van der Waals surface area contributed by atoms with Crippen LogP contribution in [0.1, 0.15) is 40.7 Å². The van der Waals surface area contributed by atoms with E-state index in [1.54, 1.807) is 12.4 Å². The number of ether oxygens (including phenoxy) is 1. The Morgan fingerprint density at radius 2 is 2.26 bits per heavy atom. The lowest BCUT2D eigenvalue weighted by Gasteiger charge is -2.37. The van der Waals surface area contributed by atoms with Crippen molar-refractivity contribution in [2.24, 2.45) is 17.8 Å². The Morgan fingerprint density at radius 1 is 1.37 bits per heavy atom. The fourth-order valence-electron chi connectivity index (χ4n) is 5.09. The first-order valence-electron chi connectivity index (χ1n) is 9.57. The summed E-state index contributed by atoms with van der Waals surface area (Å²) in [4.78, 5) is 29.6. The van der Waals surface area contributed by atoms with E-state index < -0.39 is 5.60 Å². The SMILES string of the molecule is Cc1ccc2c(c1)C(=O)C[C@]1(CC[C@@H]3[C@@H](C(=O)NCc4cccnc4)[C@@H]31)O2. The molecular weight excluding hydrogens is 340 g/mol. The zero-order valence-electron chi connectivity index (χ0n) is 15.3. The van der Waals surface area contributed by atoms with E-state index in [9.17, 15) is 9.59 Å². The van der Waals surface area contributed by atoms with Gasteiger partial charge in [0.25, 0.3) is 0 Å². The van der Waals surface area contributed by atoms with Crippen LogP contribution in [-0.4, -0.2) is 22.3 Å². The number of nitrogens with one attached hydrogen (secondary N) is 1. The van der Waals surface area contributed by atoms with Crippen molar-refractivity contribution < 1.29 is 14.3 Å². The average Bonchev–Trinajstić information content (AvgIpc) is 3.32. The van der Waals surface area contributed by atoms with Crippen molar-refractivity contribution in [3.05, 3.63) is 59.4 Å². The molecule has 1 aromatic heterocycles. The Balaban J connectivity index is 1.31. The summed E-state index contributed by atoms with van der Waals surface area (Å²) < 4.78 is 6.39. The zero-order valence-corrected chi connectivity index (χ0v) is 15.3. The molecule has 0 bridgehead atoms. The molecule has 2 aromatic rings. The van der Waals surface area contributed by atoms with Crippen molar-refractivity contribution in [3.8, 4) is 5.75 Å². The number of aromatic nitrogens is 1. The molecule has 0 unspecified atom stereocenters. The molecule has 138 valence electrons. The largest absolute Gasteiger partial charge is 0.486 e. The van der Waals surface area contributed by atoms with Crippen LogP contribution in [0.25, 0.3) is 0 Å². The van der Waals surface area contributed by atoms with E-state index in [0.717, 1.165) is 24.0 Å². The molecule has 1 N–H and O–H groups in total. The normalized spacial score (nSPS) is 30.4. The summed E-state index contributed by atoms with van der Waals surface area (Å²) in [7, 11) is 0. The molecule has 1 aliphatic heterocycles. The molecule has 5 nitrogen and oxygen atoms in total. The number of aryl methyl sites for hydroxylation is 1. The smallest absolute Gasteiger partial charge is 0.224 e. The Kier molecular flexibility index (Phi) is 3.61. The van der Waals surface area contributed by atoms with Crippen LogP contribution in [0.4, 0.5) is 0 Å². The summed E-state index contributed by atoms with van der Waals surface area (Å²) in [5.74, 6) is 1.32. The minimum atomic E-state index is -0.500. The molecule has 2 heterocycles. The third kappa shape index (κ3) is 2.64. The van der Waals surface area contributed by atoms with Gasteiger partial charge < -0.3 is 10.1 Å². The maximum Gasteiger partial charge on any atom is 0.224 e. The molecule has 2 aliphatic carbocycles. The second kappa shape index (κ2) is 5.91. The number of hydrogen-bond acceptors (Lipinski definition) is 4. The van der Waals surface area contributed by atoms with E-state index in [2.05, 4.69) is 10.3 Å². The van der Waals surface area contributed by atoms with Crippen molar-refractivity contribution in [2.45, 2.75) is 38.3 Å². The molecule has 1 amide bonds. The van der Waals surface area contributed by atoms with E-state index in [1.807, 2.05) is 37.3 Å². The predicted octanol–water partition coefficient (Wildman–Crippen LogP) is 3.07. The molecule has 5 heteroatoms. The third-order valence-corrected chi connectivity index (χ3v) is 6.38. The number of pyridine rings is 1. The highest BCUT2D eigenvalue weighted by atomic mass is 16.5. The van der Waals surface area contributed by atoms with Gasteiger partial charge in [0.05, 0.1) is 12.0 Å². The van der Waals surface area contributed by atoms with Crippen LogP contribution in [0.15, 0.2) is 42.7 Å². The van der Waals surface area contributed by atoms with Gasteiger partial charge in [0.15, 0.2) is 5.78 Å². The number of ketones is 1. The van der Waals surface area contributed by atoms with Crippen LogP contribution in [-0.2, 0) is 11.3 Å². The summed E-state index contributed by atoms with van der Waals surface area (Å²) in [5, 5.41) is 3.03. The Labute approximate surface area is 158 Å². The molecule has 2 saturated carbocycles. The summed E-state index contributed by atoms with van der Waals surface area (Å²) in [5.41, 5.74) is 2.23.